The van der Waals surface area contributed by atoms with Gasteiger partial charge in [0.2, 0.25) is 0 Å². The lowest BCUT2D eigenvalue weighted by molar-refractivity contribution is -0.124. The fourth-order valence-electron chi connectivity index (χ4n) is 1.60. The molecule has 0 bridgehead atoms. The molecule has 0 aliphatic carbocycles. The second-order valence-corrected chi connectivity index (χ2v) is 5.83. The van der Waals surface area contributed by atoms with E-state index in [4.69, 9.17) is 16.3 Å². The van der Waals surface area contributed by atoms with Crippen molar-refractivity contribution in [2.24, 2.45) is 0 Å². The number of nitrogens with one attached hydrogen (secondary N) is 1. The molecule has 0 saturated heterocycles. The molecule has 5 heteroatoms. The van der Waals surface area contributed by atoms with Gasteiger partial charge in [0.05, 0.1) is 5.88 Å². The van der Waals surface area contributed by atoms with E-state index in [2.05, 4.69) is 5.32 Å². The zero-order valence-electron chi connectivity index (χ0n) is 12.0. The van der Waals surface area contributed by atoms with Crippen molar-refractivity contribution in [1.82, 2.24) is 5.32 Å². The predicted octanol–water partition coefficient (Wildman–Crippen LogP) is 2.93. The van der Waals surface area contributed by atoms with Crippen LogP contribution in [0.25, 0.3) is 0 Å². The highest BCUT2D eigenvalue weighted by atomic mass is 35.5. The van der Waals surface area contributed by atoms with Gasteiger partial charge in [-0.05, 0) is 26.3 Å². The van der Waals surface area contributed by atoms with Crippen molar-refractivity contribution in [3.8, 4) is 0 Å². The van der Waals surface area contributed by atoms with Crippen LogP contribution in [0.3, 0.4) is 0 Å². The van der Waals surface area contributed by atoms with Crippen LogP contribution in [0, 0.1) is 0 Å². The summed E-state index contributed by atoms with van der Waals surface area (Å²) < 4.78 is 5.20. The molecule has 4 nitrogen and oxygen atoms in total. The predicted molar refractivity (Wildman–Crippen MR) is 79.0 cm³/mol. The average Bonchev–Trinajstić information content (AvgIpc) is 2.36. The highest BCUT2D eigenvalue weighted by molar-refractivity contribution is 6.28. The van der Waals surface area contributed by atoms with Gasteiger partial charge in [0.1, 0.15) is 0 Å². The number of hydrogen-bond acceptors (Lipinski definition) is 3. The number of carbonyl (C=O) groups is 2. The molecule has 0 fully saturated rings. The first-order valence-electron chi connectivity index (χ1n) is 6.43. The quantitative estimate of drug-likeness (QED) is 0.850. The fraction of sp³-hybridized carbons (Fsp3) is 0.467. The van der Waals surface area contributed by atoms with E-state index in [0.717, 1.165) is 5.56 Å². The number of Topliss-reactive ketones (excluding diaryl/α,β-unsaturated/α-hetero) is 1. The lowest BCUT2D eigenvalue weighted by Crippen LogP contribution is -2.44. The van der Waals surface area contributed by atoms with Gasteiger partial charge in [-0.3, -0.25) is 4.79 Å². The summed E-state index contributed by atoms with van der Waals surface area (Å²) in [5.41, 5.74) is 0.498. The molecule has 20 heavy (non-hydrogen) atoms. The first-order valence-corrected chi connectivity index (χ1v) is 6.96. The van der Waals surface area contributed by atoms with E-state index >= 15 is 0 Å². The number of amides is 1. The van der Waals surface area contributed by atoms with Crippen LogP contribution >= 0.6 is 11.6 Å². The number of benzene rings is 1. The van der Waals surface area contributed by atoms with Crippen LogP contribution < -0.4 is 5.32 Å². The monoisotopic (exact) mass is 297 g/mol. The minimum atomic E-state index is -0.864. The summed E-state index contributed by atoms with van der Waals surface area (Å²) >= 11 is 5.57. The van der Waals surface area contributed by atoms with Gasteiger partial charge in [-0.25, -0.2) is 4.79 Å². The molecule has 0 aliphatic rings. The van der Waals surface area contributed by atoms with Crippen LogP contribution in [0.1, 0.15) is 26.3 Å². The van der Waals surface area contributed by atoms with Gasteiger partial charge in [-0.1, -0.05) is 30.3 Å². The van der Waals surface area contributed by atoms with Gasteiger partial charge in [-0.2, -0.15) is 0 Å². The summed E-state index contributed by atoms with van der Waals surface area (Å²) in [4.78, 5) is 23.5. The number of ether oxygens (including phenoxy) is 1. The molecule has 0 aromatic heterocycles. The van der Waals surface area contributed by atoms with Crippen LogP contribution in [0.2, 0.25) is 0 Å². The van der Waals surface area contributed by atoms with Crippen molar-refractivity contribution in [3.05, 3.63) is 35.9 Å². The Hall–Kier alpha value is -1.55. The highest BCUT2D eigenvalue weighted by Gasteiger charge is 2.24. The van der Waals surface area contributed by atoms with Crippen LogP contribution in [-0.4, -0.2) is 29.4 Å². The minimum Gasteiger partial charge on any atom is -0.438 e. The van der Waals surface area contributed by atoms with Gasteiger partial charge in [-0.15, -0.1) is 11.6 Å². The Morgan fingerprint density at radius 3 is 2.35 bits per heavy atom. The SMILES string of the molecule is CC(C)(C)NC(=O)O[C@@H](Cc1ccccc1)C(=O)CCl. The summed E-state index contributed by atoms with van der Waals surface area (Å²) in [6.07, 6.45) is -1.15. The van der Waals surface area contributed by atoms with Crippen LogP contribution in [0.4, 0.5) is 4.79 Å². The fourth-order valence-corrected chi connectivity index (χ4v) is 1.77. The Morgan fingerprint density at radius 2 is 1.85 bits per heavy atom. The molecule has 1 aromatic rings. The van der Waals surface area contributed by atoms with Crippen molar-refractivity contribution in [1.29, 1.82) is 0 Å². The molecular formula is C15H20ClNO3. The molecule has 0 saturated carbocycles. The van der Waals surface area contributed by atoms with E-state index in [-0.39, 0.29) is 11.7 Å². The van der Waals surface area contributed by atoms with Crippen molar-refractivity contribution in [2.45, 2.75) is 38.8 Å². The highest BCUT2D eigenvalue weighted by Crippen LogP contribution is 2.09. The Morgan fingerprint density at radius 1 is 1.25 bits per heavy atom. The van der Waals surface area contributed by atoms with Crippen molar-refractivity contribution < 1.29 is 14.3 Å². The second-order valence-electron chi connectivity index (χ2n) is 5.56. The van der Waals surface area contributed by atoms with Gasteiger partial charge < -0.3 is 10.1 Å². The molecule has 1 amide bonds. The summed E-state index contributed by atoms with van der Waals surface area (Å²) in [6, 6.07) is 9.37. The lowest BCUT2D eigenvalue weighted by Gasteiger charge is -2.23. The number of rotatable bonds is 5. The third kappa shape index (κ3) is 6.06. The topological polar surface area (TPSA) is 55.4 Å². The van der Waals surface area contributed by atoms with Crippen LogP contribution in [0.5, 0.6) is 0 Å². The molecule has 0 unspecified atom stereocenters. The molecule has 1 atom stereocenters. The zero-order chi connectivity index (χ0) is 15.2. The Balaban J connectivity index is 2.70. The molecule has 0 heterocycles. The van der Waals surface area contributed by atoms with E-state index in [1.165, 1.54) is 0 Å². The first kappa shape index (κ1) is 16.5. The molecule has 0 spiro atoms. The number of alkyl halides is 1. The number of hydrogen-bond donors (Lipinski definition) is 1. The van der Waals surface area contributed by atoms with Gasteiger partial charge in [0.15, 0.2) is 11.9 Å². The summed E-state index contributed by atoms with van der Waals surface area (Å²) in [5.74, 6) is -0.486. The van der Waals surface area contributed by atoms with E-state index in [1.807, 2.05) is 51.1 Å². The molecular weight excluding hydrogens is 278 g/mol. The standard InChI is InChI=1S/C15H20ClNO3/c1-15(2,3)17-14(19)20-13(12(18)10-16)9-11-7-5-4-6-8-11/h4-8,13H,9-10H2,1-3H3,(H,17,19)/t13-/m0/s1. The molecule has 1 N–H and O–H groups in total. The summed E-state index contributed by atoms with van der Waals surface area (Å²) in [7, 11) is 0. The van der Waals surface area contributed by atoms with E-state index < -0.39 is 17.7 Å². The maximum absolute atomic E-state index is 11.8. The van der Waals surface area contributed by atoms with Gasteiger partial charge in [0.25, 0.3) is 0 Å². The Bertz CT molecular complexity index is 454. The minimum absolute atomic E-state index is 0.180. The van der Waals surface area contributed by atoms with E-state index in [0.29, 0.717) is 6.42 Å². The molecule has 0 aliphatic heterocycles. The lowest BCUT2D eigenvalue weighted by atomic mass is 10.1. The summed E-state index contributed by atoms with van der Waals surface area (Å²) in [5, 5.41) is 2.66. The third-order valence-electron chi connectivity index (χ3n) is 2.48. The van der Waals surface area contributed by atoms with Gasteiger partial charge >= 0.3 is 6.09 Å². The molecule has 0 radical (unpaired) electrons. The van der Waals surface area contributed by atoms with E-state index in [9.17, 15) is 9.59 Å². The molecule has 1 rings (SSSR count). The first-order chi connectivity index (χ1) is 9.31. The number of carbonyl (C=O) groups excluding carboxylic acids is 2. The van der Waals surface area contributed by atoms with Crippen LogP contribution in [0.15, 0.2) is 30.3 Å². The average molecular weight is 298 g/mol. The second kappa shape index (κ2) is 7.29. The maximum Gasteiger partial charge on any atom is 0.408 e. The zero-order valence-corrected chi connectivity index (χ0v) is 12.7. The molecule has 1 aromatic carbocycles. The molecule has 110 valence electrons. The van der Waals surface area contributed by atoms with Gasteiger partial charge in [0, 0.05) is 12.0 Å². The van der Waals surface area contributed by atoms with Crippen molar-refractivity contribution in [2.75, 3.05) is 5.88 Å². The largest absolute Gasteiger partial charge is 0.438 e. The Labute approximate surface area is 124 Å². The third-order valence-corrected chi connectivity index (χ3v) is 2.74. The number of alkyl carbamates (subject to hydrolysis) is 1. The van der Waals surface area contributed by atoms with Crippen LogP contribution in [-0.2, 0) is 16.0 Å². The normalized spacial score (nSPS) is 12.6. The Kier molecular flexibility index (Phi) is 6.02. The summed E-state index contributed by atoms with van der Waals surface area (Å²) in [6.45, 7) is 5.51. The van der Waals surface area contributed by atoms with Crippen molar-refractivity contribution in [3.63, 3.8) is 0 Å². The smallest absolute Gasteiger partial charge is 0.408 e. The number of ketones is 1. The van der Waals surface area contributed by atoms with Crippen molar-refractivity contribution >= 4 is 23.5 Å². The van der Waals surface area contributed by atoms with E-state index in [1.54, 1.807) is 0 Å². The maximum atomic E-state index is 11.8. The number of halogens is 1.